The Labute approximate surface area is 275 Å². The number of hydrogen-bond acceptors (Lipinski definition) is 18. The van der Waals surface area contributed by atoms with E-state index in [4.69, 9.17) is 46.8 Å². The molecule has 0 heterocycles. The summed E-state index contributed by atoms with van der Waals surface area (Å²) in [6, 6.07) is 0. The van der Waals surface area contributed by atoms with E-state index in [0.29, 0.717) is 19.4 Å². The molecule has 0 radical (unpaired) electrons. The molecule has 47 heavy (non-hydrogen) atoms. The summed E-state index contributed by atoms with van der Waals surface area (Å²) in [7, 11) is -13.5. The molecule has 0 spiro atoms. The zero-order valence-electron chi connectivity index (χ0n) is 26.9. The van der Waals surface area contributed by atoms with Crippen LogP contribution in [0.3, 0.4) is 0 Å². The van der Waals surface area contributed by atoms with E-state index in [9.17, 15) is 28.0 Å². The first-order valence-corrected chi connectivity index (χ1v) is 20.4. The first-order chi connectivity index (χ1) is 22.2. The Hall–Kier alpha value is 0.240. The molecule has 0 aliphatic rings. The molecular weight excluding hydrogens is 722 g/mol. The van der Waals surface area contributed by atoms with Gasteiger partial charge < -0.3 is 52.9 Å². The van der Waals surface area contributed by atoms with Crippen molar-refractivity contribution in [2.75, 3.05) is 120 Å². The third kappa shape index (κ3) is 30.8. The molecule has 25 heteroatoms. The molecule has 0 amide bonds. The van der Waals surface area contributed by atoms with E-state index in [2.05, 4.69) is 23.4 Å². The lowest BCUT2D eigenvalue weighted by molar-refractivity contribution is -0.227. The minimum atomic E-state index is -4.73. The Morgan fingerprint density at radius 2 is 0.936 bits per heavy atom. The van der Waals surface area contributed by atoms with Gasteiger partial charge in [-0.2, -0.15) is 0 Å². The second-order valence-corrected chi connectivity index (χ2v) is 15.0. The molecule has 0 aromatic heterocycles. The van der Waals surface area contributed by atoms with E-state index < -0.39 is 37.2 Å². The summed E-state index contributed by atoms with van der Waals surface area (Å²) in [6.07, 6.45) is 1.84. The highest BCUT2D eigenvalue weighted by atomic mass is 31.2. The number of ether oxygens (including phenoxy) is 4. The van der Waals surface area contributed by atoms with Gasteiger partial charge in [0.05, 0.1) is 92.5 Å². The summed E-state index contributed by atoms with van der Waals surface area (Å²) in [5, 5.41) is 2.99. The number of phosphoric acid groups is 4. The molecule has 284 valence electrons. The van der Waals surface area contributed by atoms with E-state index in [0.717, 1.165) is 20.6 Å². The van der Waals surface area contributed by atoms with E-state index in [1.807, 2.05) is 0 Å². The van der Waals surface area contributed by atoms with Gasteiger partial charge in [-0.3, -0.25) is 31.7 Å². The fraction of sp³-hybridized carbons (Fsp3) is 1.00. The summed E-state index contributed by atoms with van der Waals surface area (Å²) in [5.74, 6) is -0.580. The molecule has 0 saturated carbocycles. The molecule has 0 rings (SSSR count). The van der Waals surface area contributed by atoms with Crippen LogP contribution in [0.4, 0.5) is 0 Å². The fourth-order valence-corrected chi connectivity index (χ4v) is 5.38. The lowest BCUT2D eigenvalue weighted by Crippen LogP contribution is -2.20. The van der Waals surface area contributed by atoms with Crippen molar-refractivity contribution >= 4 is 31.3 Å². The van der Waals surface area contributed by atoms with Crippen LogP contribution in [0, 0.1) is 5.92 Å². The number of hydrogen-bond donors (Lipinski definition) is 4. The quantitative estimate of drug-likeness (QED) is 0.0521. The van der Waals surface area contributed by atoms with Gasteiger partial charge >= 0.3 is 23.5 Å². The maximum absolute atomic E-state index is 12.3. The van der Waals surface area contributed by atoms with Crippen LogP contribution in [0.5, 0.6) is 0 Å². The number of nitrogens with one attached hydrogen (secondary N) is 1. The molecule has 4 N–H and O–H groups in total. The van der Waals surface area contributed by atoms with Crippen molar-refractivity contribution in [1.29, 1.82) is 0 Å². The third-order valence-corrected chi connectivity index (χ3v) is 9.25. The molecule has 0 aliphatic carbocycles. The Bertz CT molecular complexity index is 896. The van der Waals surface area contributed by atoms with Crippen LogP contribution in [-0.4, -0.2) is 135 Å². The first-order valence-electron chi connectivity index (χ1n) is 14.4. The molecular formula is C22H50NO20P4-. The molecule has 0 bridgehead atoms. The van der Waals surface area contributed by atoms with E-state index >= 15 is 0 Å². The van der Waals surface area contributed by atoms with E-state index in [-0.39, 0.29) is 92.5 Å². The topological polar surface area (TPSA) is 275 Å². The van der Waals surface area contributed by atoms with Crippen molar-refractivity contribution in [2.45, 2.75) is 19.3 Å². The second kappa shape index (κ2) is 27.9. The average molecular weight is 773 g/mol. The number of unbranched alkanes of at least 4 members (excludes halogenated alkanes) is 1. The zero-order valence-corrected chi connectivity index (χ0v) is 30.5. The van der Waals surface area contributed by atoms with Gasteiger partial charge in [-0.05, 0) is 26.4 Å². The van der Waals surface area contributed by atoms with Crippen molar-refractivity contribution in [3.8, 4) is 0 Å². The molecule has 5 unspecified atom stereocenters. The zero-order chi connectivity index (χ0) is 35.5. The minimum absolute atomic E-state index is 0.00783. The van der Waals surface area contributed by atoms with Crippen LogP contribution in [0.15, 0.2) is 0 Å². The number of rotatable bonds is 35. The van der Waals surface area contributed by atoms with Crippen LogP contribution in [0.2, 0.25) is 0 Å². The third-order valence-electron chi connectivity index (χ3n) is 5.36. The van der Waals surface area contributed by atoms with Gasteiger partial charge in [0.15, 0.2) is 0 Å². The SMILES string of the molecule is CNCCCCC(COP(=O)([O-])OCCOCCOCCOP(=O)(O)OC)COP(=O)(O)OCCOCCOCCOP(=O)(O)OC. The van der Waals surface area contributed by atoms with E-state index in [1.54, 1.807) is 7.05 Å². The van der Waals surface area contributed by atoms with Crippen molar-refractivity contribution in [3.63, 3.8) is 0 Å². The predicted octanol–water partition coefficient (Wildman–Crippen LogP) is 1.22. The molecule has 0 fully saturated rings. The smallest absolute Gasteiger partial charge is 0.472 e. The monoisotopic (exact) mass is 772 g/mol. The highest BCUT2D eigenvalue weighted by molar-refractivity contribution is 7.48. The molecule has 0 saturated heterocycles. The summed E-state index contributed by atoms with van der Waals surface area (Å²) >= 11 is 0. The van der Waals surface area contributed by atoms with Gasteiger partial charge in [-0.1, -0.05) is 6.42 Å². The van der Waals surface area contributed by atoms with Crippen molar-refractivity contribution in [1.82, 2.24) is 5.32 Å². The molecule has 5 atom stereocenters. The summed E-state index contributed by atoms with van der Waals surface area (Å²) in [6.45, 7) is -0.649. The fourth-order valence-electron chi connectivity index (χ4n) is 3.01. The van der Waals surface area contributed by atoms with E-state index in [1.165, 1.54) is 0 Å². The summed E-state index contributed by atoms with van der Waals surface area (Å²) < 4.78 is 105. The van der Waals surface area contributed by atoms with Crippen molar-refractivity contribution in [2.24, 2.45) is 5.92 Å². The largest absolute Gasteiger partial charge is 0.756 e. The maximum Gasteiger partial charge on any atom is 0.472 e. The Balaban J connectivity index is 4.26. The summed E-state index contributed by atoms with van der Waals surface area (Å²) in [5.41, 5.74) is 0. The second-order valence-electron chi connectivity index (χ2n) is 9.06. The van der Waals surface area contributed by atoms with Crippen LogP contribution in [0.25, 0.3) is 0 Å². The van der Waals surface area contributed by atoms with Gasteiger partial charge in [-0.25, -0.2) is 13.7 Å². The van der Waals surface area contributed by atoms with Crippen molar-refractivity contribution in [3.05, 3.63) is 0 Å². The molecule has 0 aromatic carbocycles. The van der Waals surface area contributed by atoms with Crippen LogP contribution < -0.4 is 10.2 Å². The van der Waals surface area contributed by atoms with Gasteiger partial charge in [0.25, 0.3) is 7.82 Å². The standard InChI is InChI=1S/C22H51NO20P4/c1-23-7-5-4-6-22(20-42-46(28,29)40-18-14-36-10-8-34-12-16-38-44(24,25)32-2)21-43-47(30,31)41-19-15-37-11-9-35-13-17-39-45(26,27)33-3/h22-23H,4-21H2,1-3H3,(H,24,25)(H,26,27)(H,28,29)(H,30,31)/p-1. The predicted molar refractivity (Wildman–Crippen MR) is 161 cm³/mol. The Morgan fingerprint density at radius 1 is 0.553 bits per heavy atom. The first kappa shape index (κ1) is 47.2. The average Bonchev–Trinajstić information content (AvgIpc) is 3.01. The molecule has 21 nitrogen and oxygen atoms in total. The van der Waals surface area contributed by atoms with Gasteiger partial charge in [0, 0.05) is 20.1 Å². The van der Waals surface area contributed by atoms with Gasteiger partial charge in [0.1, 0.15) is 0 Å². The molecule has 0 aromatic rings. The lowest BCUT2D eigenvalue weighted by Gasteiger charge is -2.26. The molecule has 0 aliphatic heterocycles. The minimum Gasteiger partial charge on any atom is -0.756 e. The van der Waals surface area contributed by atoms with Crippen LogP contribution in [-0.2, 0) is 73.4 Å². The lowest BCUT2D eigenvalue weighted by atomic mass is 10.0. The normalized spacial score (nSPS) is 17.9. The number of phosphoric ester groups is 4. The van der Waals surface area contributed by atoms with Crippen molar-refractivity contribution < 1.29 is 93.0 Å². The Morgan fingerprint density at radius 3 is 1.36 bits per heavy atom. The van der Waals surface area contributed by atoms with Gasteiger partial charge in [-0.15, -0.1) is 0 Å². The highest BCUT2D eigenvalue weighted by Crippen LogP contribution is 2.45. The van der Waals surface area contributed by atoms with Crippen LogP contribution in [0.1, 0.15) is 19.3 Å². The Kier molecular flexibility index (Phi) is 28.0. The summed E-state index contributed by atoms with van der Waals surface area (Å²) in [4.78, 5) is 40.3. The maximum atomic E-state index is 12.3. The van der Waals surface area contributed by atoms with Gasteiger partial charge in [0.2, 0.25) is 0 Å². The van der Waals surface area contributed by atoms with Crippen LogP contribution >= 0.6 is 31.3 Å². The highest BCUT2D eigenvalue weighted by Gasteiger charge is 2.24.